The van der Waals surface area contributed by atoms with Gasteiger partial charge in [0, 0.05) is 30.8 Å². The first-order valence-corrected chi connectivity index (χ1v) is 5.14. The van der Waals surface area contributed by atoms with Crippen LogP contribution < -0.4 is 11.2 Å². The van der Waals surface area contributed by atoms with Crippen LogP contribution in [0.15, 0.2) is 21.9 Å². The number of aliphatic hydroxyl groups is 1. The van der Waals surface area contributed by atoms with Crippen LogP contribution in [0.5, 0.6) is 0 Å². The van der Waals surface area contributed by atoms with Crippen molar-refractivity contribution in [3.8, 4) is 0 Å². The molecule has 0 radical (unpaired) electrons. The molecule has 5 heteroatoms. The standard InChI is InChI=1S/C10H14N2O3/c13-6-7-2-1-3-8(7)12-5-4-9(14)11-10(12)15/h4-5,7-8,13H,1-3,6H2,(H,11,14,15)/t7-,8+/m0/s1. The molecule has 1 heterocycles. The molecule has 0 amide bonds. The van der Waals surface area contributed by atoms with E-state index in [1.54, 1.807) is 0 Å². The second-order valence-electron chi connectivity index (χ2n) is 3.96. The summed E-state index contributed by atoms with van der Waals surface area (Å²) >= 11 is 0. The Morgan fingerprint density at radius 3 is 2.93 bits per heavy atom. The number of hydrogen-bond donors (Lipinski definition) is 2. The van der Waals surface area contributed by atoms with Crippen molar-refractivity contribution in [1.29, 1.82) is 0 Å². The van der Waals surface area contributed by atoms with Gasteiger partial charge in [0.2, 0.25) is 0 Å². The molecule has 1 aliphatic rings. The largest absolute Gasteiger partial charge is 0.396 e. The van der Waals surface area contributed by atoms with E-state index in [2.05, 4.69) is 4.98 Å². The molecule has 0 bridgehead atoms. The molecular formula is C10H14N2O3. The molecule has 1 aromatic heterocycles. The molecule has 2 rings (SSSR count). The lowest BCUT2D eigenvalue weighted by molar-refractivity contribution is 0.193. The van der Waals surface area contributed by atoms with E-state index in [0.717, 1.165) is 19.3 Å². The lowest BCUT2D eigenvalue weighted by Crippen LogP contribution is -2.33. The van der Waals surface area contributed by atoms with Crippen LogP contribution in [0.3, 0.4) is 0 Å². The average Bonchev–Trinajstić information content (AvgIpc) is 2.65. The van der Waals surface area contributed by atoms with Gasteiger partial charge in [-0.2, -0.15) is 0 Å². The van der Waals surface area contributed by atoms with Gasteiger partial charge in [0.1, 0.15) is 0 Å². The summed E-state index contributed by atoms with van der Waals surface area (Å²) in [7, 11) is 0. The van der Waals surface area contributed by atoms with Crippen LogP contribution in [0.25, 0.3) is 0 Å². The van der Waals surface area contributed by atoms with Gasteiger partial charge in [0.25, 0.3) is 5.56 Å². The average molecular weight is 210 g/mol. The number of aromatic nitrogens is 2. The Morgan fingerprint density at radius 2 is 2.27 bits per heavy atom. The van der Waals surface area contributed by atoms with E-state index in [-0.39, 0.29) is 29.8 Å². The van der Waals surface area contributed by atoms with Gasteiger partial charge in [-0.15, -0.1) is 0 Å². The third-order valence-corrected chi connectivity index (χ3v) is 3.06. The predicted molar refractivity (Wildman–Crippen MR) is 54.8 cm³/mol. The Morgan fingerprint density at radius 1 is 1.47 bits per heavy atom. The molecule has 2 atom stereocenters. The zero-order valence-corrected chi connectivity index (χ0v) is 8.35. The molecule has 1 aromatic rings. The fourth-order valence-electron chi connectivity index (χ4n) is 2.28. The maximum atomic E-state index is 11.5. The number of aliphatic hydroxyl groups excluding tert-OH is 1. The fourth-order valence-corrected chi connectivity index (χ4v) is 2.28. The number of aromatic amines is 1. The van der Waals surface area contributed by atoms with Crippen molar-refractivity contribution in [2.45, 2.75) is 25.3 Å². The highest BCUT2D eigenvalue weighted by molar-refractivity contribution is 4.90. The lowest BCUT2D eigenvalue weighted by Gasteiger charge is -2.19. The van der Waals surface area contributed by atoms with Crippen molar-refractivity contribution in [2.75, 3.05) is 6.61 Å². The SMILES string of the molecule is O=c1ccn([C@@H]2CCC[C@H]2CO)c(=O)[nH]1. The van der Waals surface area contributed by atoms with Gasteiger partial charge in [0.05, 0.1) is 0 Å². The maximum absolute atomic E-state index is 11.5. The molecule has 0 unspecified atom stereocenters. The van der Waals surface area contributed by atoms with Crippen LogP contribution in [0, 0.1) is 5.92 Å². The molecule has 82 valence electrons. The molecule has 0 aromatic carbocycles. The molecule has 1 saturated carbocycles. The van der Waals surface area contributed by atoms with E-state index in [9.17, 15) is 9.59 Å². The zero-order valence-electron chi connectivity index (χ0n) is 8.35. The van der Waals surface area contributed by atoms with E-state index in [1.165, 1.54) is 16.8 Å². The summed E-state index contributed by atoms with van der Waals surface area (Å²) in [4.78, 5) is 24.6. The molecule has 1 fully saturated rings. The van der Waals surface area contributed by atoms with E-state index in [1.807, 2.05) is 0 Å². The molecule has 1 aliphatic carbocycles. The molecule has 15 heavy (non-hydrogen) atoms. The second kappa shape index (κ2) is 4.02. The van der Waals surface area contributed by atoms with Crippen molar-refractivity contribution >= 4 is 0 Å². The Labute approximate surface area is 86.4 Å². The van der Waals surface area contributed by atoms with E-state index < -0.39 is 0 Å². The van der Waals surface area contributed by atoms with Crippen LogP contribution in [-0.2, 0) is 0 Å². The Hall–Kier alpha value is -1.36. The van der Waals surface area contributed by atoms with Crippen LogP contribution in [-0.4, -0.2) is 21.3 Å². The first kappa shape index (κ1) is 10.2. The monoisotopic (exact) mass is 210 g/mol. The van der Waals surface area contributed by atoms with E-state index in [0.29, 0.717) is 0 Å². The number of nitrogens with zero attached hydrogens (tertiary/aromatic N) is 1. The summed E-state index contributed by atoms with van der Waals surface area (Å²) in [5.74, 6) is 0.133. The van der Waals surface area contributed by atoms with Crippen LogP contribution in [0.1, 0.15) is 25.3 Å². The van der Waals surface area contributed by atoms with Crippen LogP contribution in [0.2, 0.25) is 0 Å². The van der Waals surface area contributed by atoms with E-state index >= 15 is 0 Å². The van der Waals surface area contributed by atoms with Crippen molar-refractivity contribution in [1.82, 2.24) is 9.55 Å². The number of H-pyrrole nitrogens is 1. The normalized spacial score (nSPS) is 25.7. The summed E-state index contributed by atoms with van der Waals surface area (Å²) in [6, 6.07) is 1.37. The summed E-state index contributed by atoms with van der Waals surface area (Å²) in [5, 5.41) is 9.16. The number of rotatable bonds is 2. The highest BCUT2D eigenvalue weighted by atomic mass is 16.3. The smallest absolute Gasteiger partial charge is 0.328 e. The zero-order chi connectivity index (χ0) is 10.8. The van der Waals surface area contributed by atoms with Gasteiger partial charge < -0.3 is 5.11 Å². The van der Waals surface area contributed by atoms with Gasteiger partial charge in [0.15, 0.2) is 0 Å². The van der Waals surface area contributed by atoms with Gasteiger partial charge in [-0.1, -0.05) is 6.42 Å². The first-order valence-electron chi connectivity index (χ1n) is 5.14. The van der Waals surface area contributed by atoms with Crippen molar-refractivity contribution in [3.05, 3.63) is 33.1 Å². The quantitative estimate of drug-likeness (QED) is 0.714. The third kappa shape index (κ3) is 1.87. The number of nitrogens with one attached hydrogen (secondary N) is 1. The number of hydrogen-bond acceptors (Lipinski definition) is 3. The van der Waals surface area contributed by atoms with Crippen molar-refractivity contribution in [2.24, 2.45) is 5.92 Å². The minimum atomic E-state index is -0.382. The molecular weight excluding hydrogens is 196 g/mol. The maximum Gasteiger partial charge on any atom is 0.328 e. The molecule has 2 N–H and O–H groups in total. The minimum absolute atomic E-state index is 0.0272. The highest BCUT2D eigenvalue weighted by Crippen LogP contribution is 2.33. The highest BCUT2D eigenvalue weighted by Gasteiger charge is 2.28. The Balaban J connectivity index is 2.37. The Kier molecular flexibility index (Phi) is 2.73. The lowest BCUT2D eigenvalue weighted by atomic mass is 10.1. The fraction of sp³-hybridized carbons (Fsp3) is 0.600. The summed E-state index contributed by atoms with van der Waals surface area (Å²) in [6.07, 6.45) is 4.35. The van der Waals surface area contributed by atoms with Crippen molar-refractivity contribution < 1.29 is 5.11 Å². The molecule has 5 nitrogen and oxygen atoms in total. The molecule has 0 spiro atoms. The van der Waals surface area contributed by atoms with Gasteiger partial charge in [-0.3, -0.25) is 14.3 Å². The summed E-state index contributed by atoms with van der Waals surface area (Å²) < 4.78 is 1.52. The summed E-state index contributed by atoms with van der Waals surface area (Å²) in [5.41, 5.74) is -0.761. The Bertz CT molecular complexity index is 448. The summed E-state index contributed by atoms with van der Waals surface area (Å²) in [6.45, 7) is 0.0935. The van der Waals surface area contributed by atoms with E-state index in [4.69, 9.17) is 5.11 Å². The predicted octanol–water partition coefficient (Wildman–Crippen LogP) is -0.130. The van der Waals surface area contributed by atoms with Crippen molar-refractivity contribution in [3.63, 3.8) is 0 Å². The second-order valence-corrected chi connectivity index (χ2v) is 3.96. The molecule has 0 saturated heterocycles. The first-order chi connectivity index (χ1) is 7.22. The van der Waals surface area contributed by atoms with Crippen LogP contribution in [0.4, 0.5) is 0 Å². The van der Waals surface area contributed by atoms with Gasteiger partial charge in [-0.25, -0.2) is 4.79 Å². The van der Waals surface area contributed by atoms with Gasteiger partial charge in [-0.05, 0) is 12.8 Å². The molecule has 0 aliphatic heterocycles. The van der Waals surface area contributed by atoms with Gasteiger partial charge >= 0.3 is 5.69 Å². The topological polar surface area (TPSA) is 75.1 Å². The van der Waals surface area contributed by atoms with Crippen LogP contribution >= 0.6 is 0 Å². The minimum Gasteiger partial charge on any atom is -0.396 e. The third-order valence-electron chi connectivity index (χ3n) is 3.06.